The van der Waals surface area contributed by atoms with E-state index in [0.29, 0.717) is 6.54 Å². The fourth-order valence-corrected chi connectivity index (χ4v) is 2.45. The maximum Gasteiger partial charge on any atom is 0.265 e. The Balaban J connectivity index is 2.94. The number of hydrogen-bond acceptors (Lipinski definition) is 4. The van der Waals surface area contributed by atoms with Gasteiger partial charge < -0.3 is 9.64 Å². The third-order valence-electron chi connectivity index (χ3n) is 2.42. The summed E-state index contributed by atoms with van der Waals surface area (Å²) in [5.74, 6) is -0.271. The molecule has 1 aromatic rings. The number of hydrogen-bond donors (Lipinski definition) is 0. The maximum atomic E-state index is 11.6. The molecular formula is C11H13Cl2NO4S. The first kappa shape index (κ1) is 16.1. The first-order chi connectivity index (χ1) is 8.75. The molecule has 0 N–H and O–H groups in total. The van der Waals surface area contributed by atoms with Gasteiger partial charge in [0.05, 0.1) is 0 Å². The molecule has 1 aromatic carbocycles. The van der Waals surface area contributed by atoms with E-state index in [0.717, 1.165) is 0 Å². The topological polar surface area (TPSA) is 63.7 Å². The lowest BCUT2D eigenvalue weighted by molar-refractivity contribution is -0.131. The largest absolute Gasteiger partial charge is 0.482 e. The van der Waals surface area contributed by atoms with Crippen LogP contribution < -0.4 is 4.74 Å². The summed E-state index contributed by atoms with van der Waals surface area (Å²) >= 11 is 5.70. The highest BCUT2D eigenvalue weighted by atomic mass is 35.7. The molecule has 8 heteroatoms. The van der Waals surface area contributed by atoms with Gasteiger partial charge >= 0.3 is 0 Å². The van der Waals surface area contributed by atoms with Gasteiger partial charge in [0.1, 0.15) is 10.6 Å². The number of rotatable bonds is 5. The van der Waals surface area contributed by atoms with Crippen molar-refractivity contribution >= 4 is 37.2 Å². The smallest absolute Gasteiger partial charge is 0.265 e. The summed E-state index contributed by atoms with van der Waals surface area (Å²) in [5.41, 5.74) is 0. The lowest BCUT2D eigenvalue weighted by Crippen LogP contribution is -2.31. The Morgan fingerprint density at radius 2 is 2.05 bits per heavy atom. The normalized spacial score (nSPS) is 11.2. The van der Waals surface area contributed by atoms with Crippen LogP contribution in [0.15, 0.2) is 23.1 Å². The molecule has 0 aromatic heterocycles. The van der Waals surface area contributed by atoms with E-state index >= 15 is 0 Å². The number of carbonyl (C=O) groups is 1. The van der Waals surface area contributed by atoms with E-state index in [1.54, 1.807) is 7.05 Å². The fourth-order valence-electron chi connectivity index (χ4n) is 1.22. The minimum Gasteiger partial charge on any atom is -0.482 e. The number of nitrogens with zero attached hydrogens (tertiary/aromatic N) is 1. The van der Waals surface area contributed by atoms with E-state index in [1.165, 1.54) is 23.1 Å². The average molecular weight is 326 g/mol. The molecule has 1 amide bonds. The summed E-state index contributed by atoms with van der Waals surface area (Å²) in [6, 6.07) is 3.99. The SMILES string of the molecule is CCN(C)C(=O)COc1ccc(Cl)cc1S(=O)(=O)Cl. The quantitative estimate of drug-likeness (QED) is 0.778. The van der Waals surface area contributed by atoms with Crippen LogP contribution in [0.5, 0.6) is 5.75 Å². The molecule has 0 heterocycles. The van der Waals surface area contributed by atoms with Crippen molar-refractivity contribution in [1.82, 2.24) is 4.90 Å². The molecule has 0 bridgehead atoms. The summed E-state index contributed by atoms with van der Waals surface area (Å²) in [6.07, 6.45) is 0. The first-order valence-corrected chi connectivity index (χ1v) is 8.05. The molecular weight excluding hydrogens is 313 g/mol. The monoisotopic (exact) mass is 325 g/mol. The Morgan fingerprint density at radius 3 is 2.58 bits per heavy atom. The van der Waals surface area contributed by atoms with Crippen LogP contribution in [0.3, 0.4) is 0 Å². The van der Waals surface area contributed by atoms with Gasteiger partial charge in [-0.15, -0.1) is 0 Å². The van der Waals surface area contributed by atoms with Crippen LogP contribution in [0.2, 0.25) is 5.02 Å². The van der Waals surface area contributed by atoms with Crippen molar-refractivity contribution < 1.29 is 17.9 Å². The summed E-state index contributed by atoms with van der Waals surface area (Å²) in [6.45, 7) is 2.07. The van der Waals surface area contributed by atoms with E-state index in [1.807, 2.05) is 6.92 Å². The van der Waals surface area contributed by atoms with E-state index in [4.69, 9.17) is 27.0 Å². The van der Waals surface area contributed by atoms with Gasteiger partial charge in [-0.2, -0.15) is 0 Å². The van der Waals surface area contributed by atoms with E-state index < -0.39 is 9.05 Å². The number of halogens is 2. The lowest BCUT2D eigenvalue weighted by atomic mass is 10.3. The highest BCUT2D eigenvalue weighted by Crippen LogP contribution is 2.29. The third-order valence-corrected chi connectivity index (χ3v) is 4.00. The fraction of sp³-hybridized carbons (Fsp3) is 0.364. The van der Waals surface area contributed by atoms with Gasteiger partial charge in [0.25, 0.3) is 15.0 Å². The highest BCUT2D eigenvalue weighted by Gasteiger charge is 2.18. The van der Waals surface area contributed by atoms with Gasteiger partial charge in [-0.25, -0.2) is 8.42 Å². The molecule has 0 unspecified atom stereocenters. The van der Waals surface area contributed by atoms with Gasteiger partial charge in [-0.05, 0) is 25.1 Å². The second-order valence-electron chi connectivity index (χ2n) is 3.73. The predicted octanol–water partition coefficient (Wildman–Crippen LogP) is 2.12. The minimum atomic E-state index is -3.99. The highest BCUT2D eigenvalue weighted by molar-refractivity contribution is 8.13. The number of amides is 1. The van der Waals surface area contributed by atoms with Crippen LogP contribution >= 0.6 is 22.3 Å². The summed E-state index contributed by atoms with van der Waals surface area (Å²) < 4.78 is 27.9. The van der Waals surface area contributed by atoms with Gasteiger partial charge in [-0.1, -0.05) is 11.6 Å². The molecule has 5 nitrogen and oxygen atoms in total. The zero-order chi connectivity index (χ0) is 14.6. The second-order valence-corrected chi connectivity index (χ2v) is 6.70. The molecule has 0 spiro atoms. The van der Waals surface area contributed by atoms with Crippen LogP contribution in [0.4, 0.5) is 0 Å². The van der Waals surface area contributed by atoms with E-state index in [9.17, 15) is 13.2 Å². The zero-order valence-electron chi connectivity index (χ0n) is 10.4. The number of ether oxygens (including phenoxy) is 1. The van der Waals surface area contributed by atoms with Crippen molar-refractivity contribution in [3.8, 4) is 5.75 Å². The predicted molar refractivity (Wildman–Crippen MR) is 73.3 cm³/mol. The van der Waals surface area contributed by atoms with Crippen molar-refractivity contribution in [3.63, 3.8) is 0 Å². The number of benzene rings is 1. The van der Waals surface area contributed by atoms with Crippen LogP contribution in [-0.4, -0.2) is 39.4 Å². The molecule has 0 aliphatic carbocycles. The maximum absolute atomic E-state index is 11.6. The van der Waals surface area contributed by atoms with Crippen LogP contribution in [0, 0.1) is 0 Å². The van der Waals surface area contributed by atoms with E-state index in [2.05, 4.69) is 0 Å². The molecule has 0 radical (unpaired) electrons. The van der Waals surface area contributed by atoms with Crippen molar-refractivity contribution in [3.05, 3.63) is 23.2 Å². The summed E-state index contributed by atoms with van der Waals surface area (Å²) in [7, 11) is 2.91. The van der Waals surface area contributed by atoms with Crippen LogP contribution in [0.25, 0.3) is 0 Å². The molecule has 0 fully saturated rings. The summed E-state index contributed by atoms with van der Waals surface area (Å²) in [4.78, 5) is 12.8. The molecule has 19 heavy (non-hydrogen) atoms. The van der Waals surface area contributed by atoms with Crippen molar-refractivity contribution in [2.45, 2.75) is 11.8 Å². The Morgan fingerprint density at radius 1 is 1.42 bits per heavy atom. The second kappa shape index (κ2) is 6.45. The molecule has 0 saturated heterocycles. The Hall–Kier alpha value is -0.980. The van der Waals surface area contributed by atoms with Crippen molar-refractivity contribution in [1.29, 1.82) is 0 Å². The van der Waals surface area contributed by atoms with Crippen molar-refractivity contribution in [2.75, 3.05) is 20.2 Å². The van der Waals surface area contributed by atoms with Gasteiger partial charge in [0, 0.05) is 29.3 Å². The molecule has 0 saturated carbocycles. The Bertz CT molecular complexity index is 574. The van der Waals surface area contributed by atoms with E-state index in [-0.39, 0.29) is 28.2 Å². The summed E-state index contributed by atoms with van der Waals surface area (Å²) in [5, 5.41) is 0.212. The lowest BCUT2D eigenvalue weighted by Gasteiger charge is -2.15. The van der Waals surface area contributed by atoms with Gasteiger partial charge in [-0.3, -0.25) is 4.79 Å². The number of carbonyl (C=O) groups excluding carboxylic acids is 1. The molecule has 1 rings (SSSR count). The first-order valence-electron chi connectivity index (χ1n) is 5.36. The van der Waals surface area contributed by atoms with Crippen LogP contribution in [-0.2, 0) is 13.8 Å². The minimum absolute atomic E-state index is 0.00254. The third kappa shape index (κ3) is 4.56. The molecule has 106 valence electrons. The van der Waals surface area contributed by atoms with Gasteiger partial charge in [0.15, 0.2) is 6.61 Å². The number of likely N-dealkylation sites (N-methyl/N-ethyl adjacent to an activating group) is 1. The van der Waals surface area contributed by atoms with Crippen molar-refractivity contribution in [2.24, 2.45) is 0 Å². The average Bonchev–Trinajstić information content (AvgIpc) is 2.34. The van der Waals surface area contributed by atoms with Crippen LogP contribution in [0.1, 0.15) is 6.92 Å². The Kier molecular flexibility index (Phi) is 5.46. The zero-order valence-corrected chi connectivity index (χ0v) is 12.7. The molecule has 0 atom stereocenters. The molecule has 0 aliphatic heterocycles. The van der Waals surface area contributed by atoms with Gasteiger partial charge in [0.2, 0.25) is 0 Å². The Labute approximate surface area is 121 Å². The molecule has 0 aliphatic rings. The standard InChI is InChI=1S/C11H13Cl2NO4S/c1-3-14(2)11(15)7-18-9-5-4-8(12)6-10(9)19(13,16)17/h4-6H,3,7H2,1-2H3.